The summed E-state index contributed by atoms with van der Waals surface area (Å²) >= 11 is 5.68. The Morgan fingerprint density at radius 2 is 1.75 bits per heavy atom. The van der Waals surface area contributed by atoms with Crippen LogP contribution in [0, 0.1) is 0 Å². The van der Waals surface area contributed by atoms with Crippen molar-refractivity contribution >= 4 is 34.3 Å². The highest BCUT2D eigenvalue weighted by molar-refractivity contribution is 7.80. The number of hydrogen-bond acceptors (Lipinski definition) is 5. The smallest absolute Gasteiger partial charge is 0.398 e. The molecule has 0 aromatic heterocycles. The fourth-order valence-electron chi connectivity index (χ4n) is 5.10. The van der Waals surface area contributed by atoms with Crippen molar-refractivity contribution in [3.63, 3.8) is 0 Å². The lowest BCUT2D eigenvalue weighted by Gasteiger charge is -2.38. The van der Waals surface area contributed by atoms with Gasteiger partial charge in [0, 0.05) is 49.3 Å². The number of nitrogen functional groups attached to an aromatic ring is 1. The molecule has 3 N–H and O–H groups in total. The first-order chi connectivity index (χ1) is 17.2. The molecule has 2 aliphatic rings. The van der Waals surface area contributed by atoms with E-state index in [1.54, 1.807) is 6.07 Å². The summed E-state index contributed by atoms with van der Waals surface area (Å²) in [4.78, 5) is 5.53. The van der Waals surface area contributed by atoms with Gasteiger partial charge in [0.05, 0.1) is 18.3 Å². The Morgan fingerprint density at radius 1 is 1.06 bits per heavy atom. The van der Waals surface area contributed by atoms with Crippen LogP contribution in [0.1, 0.15) is 43.7 Å². The molecule has 4 rings (SSSR count). The number of rotatable bonds is 7. The normalized spacial score (nSPS) is 20.9. The number of piperazine rings is 1. The second-order valence-corrected chi connectivity index (χ2v) is 10.1. The fourth-order valence-corrected chi connectivity index (χ4v) is 5.35. The zero-order chi connectivity index (χ0) is 25.7. The summed E-state index contributed by atoms with van der Waals surface area (Å²) < 4.78 is 45.5. The third-order valence-corrected chi connectivity index (χ3v) is 7.57. The highest BCUT2D eigenvalue weighted by atomic mass is 32.1. The van der Waals surface area contributed by atoms with Gasteiger partial charge in [0.2, 0.25) is 0 Å². The van der Waals surface area contributed by atoms with E-state index in [0.717, 1.165) is 69.3 Å². The molecule has 1 aliphatic heterocycles. The summed E-state index contributed by atoms with van der Waals surface area (Å²) in [5.74, 6) is 0. The lowest BCUT2D eigenvalue weighted by molar-refractivity contribution is -0.136. The average molecular weight is 521 g/mol. The number of anilines is 3. The van der Waals surface area contributed by atoms with Gasteiger partial charge in [0.25, 0.3) is 0 Å². The van der Waals surface area contributed by atoms with Crippen LogP contribution in [0.5, 0.6) is 0 Å². The van der Waals surface area contributed by atoms with E-state index in [9.17, 15) is 13.2 Å². The Bertz CT molecular complexity index is 1030. The standard InChI is InChI=1S/C27H35F3N4OS/c1-2-19-5-3-4-6-25(19)33-13-15-34(16-14-33)26(36)18-35-22-10-7-20(8-11-22)32-21-9-12-24(31)23(17-21)27(28,29)30/h3-6,9,12,17,20,22,32H,2,7-8,10-11,13-16,18,31H2,1H3. The van der Waals surface area contributed by atoms with Crippen LogP contribution in [0.4, 0.5) is 30.2 Å². The Hall–Kier alpha value is -2.52. The lowest BCUT2D eigenvalue weighted by Crippen LogP contribution is -2.49. The Kier molecular flexibility index (Phi) is 8.62. The maximum Gasteiger partial charge on any atom is 0.418 e. The first-order valence-electron chi connectivity index (χ1n) is 12.7. The number of nitrogens with two attached hydrogens (primary N) is 1. The van der Waals surface area contributed by atoms with Gasteiger partial charge in [0.15, 0.2) is 0 Å². The largest absolute Gasteiger partial charge is 0.418 e. The van der Waals surface area contributed by atoms with Crippen molar-refractivity contribution in [3.8, 4) is 0 Å². The molecule has 2 aromatic carbocycles. The number of aryl methyl sites for hydroxylation is 1. The van der Waals surface area contributed by atoms with Crippen LogP contribution in [0.3, 0.4) is 0 Å². The minimum atomic E-state index is -4.46. The van der Waals surface area contributed by atoms with Crippen LogP contribution in [-0.4, -0.2) is 54.8 Å². The molecule has 0 atom stereocenters. The highest BCUT2D eigenvalue weighted by Crippen LogP contribution is 2.36. The Balaban J connectivity index is 1.19. The van der Waals surface area contributed by atoms with Crippen LogP contribution in [0.15, 0.2) is 42.5 Å². The minimum Gasteiger partial charge on any atom is -0.398 e. The number of benzene rings is 2. The lowest BCUT2D eigenvalue weighted by atomic mass is 9.92. The van der Waals surface area contributed by atoms with Gasteiger partial charge in [-0.25, -0.2) is 0 Å². The molecular formula is C27H35F3N4OS. The third kappa shape index (κ3) is 6.62. The van der Waals surface area contributed by atoms with Gasteiger partial charge >= 0.3 is 6.18 Å². The number of halogens is 3. The van der Waals surface area contributed by atoms with Crippen LogP contribution in [-0.2, 0) is 17.3 Å². The summed E-state index contributed by atoms with van der Waals surface area (Å²) in [6.45, 7) is 6.28. The first kappa shape index (κ1) is 26.5. The molecule has 2 fully saturated rings. The molecule has 1 aliphatic carbocycles. The van der Waals surface area contributed by atoms with E-state index in [2.05, 4.69) is 46.3 Å². The molecule has 0 spiro atoms. The number of alkyl halides is 3. The maximum atomic E-state index is 13.1. The van der Waals surface area contributed by atoms with E-state index < -0.39 is 11.7 Å². The van der Waals surface area contributed by atoms with E-state index in [1.165, 1.54) is 17.3 Å². The Morgan fingerprint density at radius 3 is 2.42 bits per heavy atom. The number of nitrogens with one attached hydrogen (secondary N) is 1. The van der Waals surface area contributed by atoms with Gasteiger partial charge in [0.1, 0.15) is 4.99 Å². The van der Waals surface area contributed by atoms with E-state index in [0.29, 0.717) is 12.3 Å². The van der Waals surface area contributed by atoms with Gasteiger partial charge in [-0.05, 0) is 61.9 Å². The van der Waals surface area contributed by atoms with Gasteiger partial charge in [-0.3, -0.25) is 0 Å². The molecule has 196 valence electrons. The SMILES string of the molecule is CCc1ccccc1N1CCN(C(=S)COC2CCC(Nc3ccc(N)c(C(F)(F)F)c3)CC2)CC1. The second kappa shape index (κ2) is 11.7. The molecule has 2 aromatic rings. The number of thiocarbonyl (C=S) groups is 1. The fraction of sp³-hybridized carbons (Fsp3) is 0.519. The maximum absolute atomic E-state index is 13.1. The summed E-state index contributed by atoms with van der Waals surface area (Å²) in [5.41, 5.74) is 7.59. The second-order valence-electron chi connectivity index (χ2n) is 9.58. The van der Waals surface area contributed by atoms with Crippen LogP contribution >= 0.6 is 12.2 Å². The topological polar surface area (TPSA) is 53.8 Å². The average Bonchev–Trinajstić information content (AvgIpc) is 2.88. The molecule has 9 heteroatoms. The summed E-state index contributed by atoms with van der Waals surface area (Å²) in [6, 6.07) is 12.7. The molecule has 1 heterocycles. The molecule has 1 saturated carbocycles. The van der Waals surface area contributed by atoms with Crippen molar-refractivity contribution in [2.45, 2.75) is 57.3 Å². The van der Waals surface area contributed by atoms with E-state index in [1.807, 2.05) is 0 Å². The Labute approximate surface area is 216 Å². The summed E-state index contributed by atoms with van der Waals surface area (Å²) in [5, 5.41) is 3.23. The van der Waals surface area contributed by atoms with Crippen molar-refractivity contribution in [3.05, 3.63) is 53.6 Å². The summed E-state index contributed by atoms with van der Waals surface area (Å²) in [7, 11) is 0. The number of ether oxygens (including phenoxy) is 1. The van der Waals surface area contributed by atoms with Crippen molar-refractivity contribution in [2.24, 2.45) is 0 Å². The van der Waals surface area contributed by atoms with Crippen molar-refractivity contribution in [2.75, 3.05) is 48.7 Å². The molecule has 0 radical (unpaired) electrons. The van der Waals surface area contributed by atoms with Crippen LogP contribution in [0.2, 0.25) is 0 Å². The molecule has 0 amide bonds. The molecule has 0 unspecified atom stereocenters. The molecule has 1 saturated heterocycles. The number of hydrogen-bond donors (Lipinski definition) is 2. The van der Waals surface area contributed by atoms with Crippen LogP contribution in [0.25, 0.3) is 0 Å². The summed E-state index contributed by atoms with van der Waals surface area (Å²) in [6.07, 6.45) is 0.0483. The van der Waals surface area contributed by atoms with Crippen molar-refractivity contribution in [1.29, 1.82) is 0 Å². The predicted molar refractivity (Wildman–Crippen MR) is 144 cm³/mol. The zero-order valence-electron chi connectivity index (χ0n) is 20.7. The zero-order valence-corrected chi connectivity index (χ0v) is 21.5. The van der Waals surface area contributed by atoms with E-state index >= 15 is 0 Å². The molecule has 0 bridgehead atoms. The van der Waals surface area contributed by atoms with Crippen LogP contribution < -0.4 is 16.0 Å². The quantitative estimate of drug-likeness (QED) is 0.359. The predicted octanol–water partition coefficient (Wildman–Crippen LogP) is 5.74. The first-order valence-corrected chi connectivity index (χ1v) is 13.1. The van der Waals surface area contributed by atoms with Gasteiger partial charge < -0.3 is 25.6 Å². The number of nitrogens with zero attached hydrogens (tertiary/aromatic N) is 2. The van der Waals surface area contributed by atoms with Gasteiger partial charge in [-0.2, -0.15) is 13.2 Å². The monoisotopic (exact) mass is 520 g/mol. The van der Waals surface area contributed by atoms with E-state index in [4.69, 9.17) is 22.7 Å². The molecule has 5 nitrogen and oxygen atoms in total. The van der Waals surface area contributed by atoms with Crippen molar-refractivity contribution in [1.82, 2.24) is 4.90 Å². The third-order valence-electron chi connectivity index (χ3n) is 7.19. The van der Waals surface area contributed by atoms with Crippen molar-refractivity contribution < 1.29 is 17.9 Å². The minimum absolute atomic E-state index is 0.112. The van der Waals surface area contributed by atoms with Gasteiger partial charge in [-0.1, -0.05) is 37.3 Å². The molecular weight excluding hydrogens is 485 g/mol. The van der Waals surface area contributed by atoms with Gasteiger partial charge in [-0.15, -0.1) is 0 Å². The molecule has 36 heavy (non-hydrogen) atoms. The highest BCUT2D eigenvalue weighted by Gasteiger charge is 2.33. The number of para-hydroxylation sites is 1. The van der Waals surface area contributed by atoms with E-state index in [-0.39, 0.29) is 17.8 Å².